The number of carbonyl (C=O) groups is 3. The summed E-state index contributed by atoms with van der Waals surface area (Å²) in [6.45, 7) is 1.38. The van der Waals surface area contributed by atoms with E-state index in [1.807, 2.05) is 0 Å². The molecule has 0 saturated carbocycles. The van der Waals surface area contributed by atoms with Gasteiger partial charge < -0.3 is 21.9 Å². The van der Waals surface area contributed by atoms with Crippen LogP contribution in [0.2, 0.25) is 0 Å². The Morgan fingerprint density at radius 1 is 1.20 bits per heavy atom. The van der Waals surface area contributed by atoms with Crippen molar-refractivity contribution in [3.05, 3.63) is 0 Å². The number of amides is 1. The predicted molar refractivity (Wildman–Crippen MR) is 51.2 cm³/mol. The second-order valence-electron chi connectivity index (χ2n) is 3.14. The van der Waals surface area contributed by atoms with E-state index in [2.05, 4.69) is 4.74 Å². The lowest BCUT2D eigenvalue weighted by Gasteiger charge is -2.10. The zero-order valence-corrected chi connectivity index (χ0v) is 8.43. The summed E-state index contributed by atoms with van der Waals surface area (Å²) in [4.78, 5) is 32.4. The fourth-order valence-electron chi connectivity index (χ4n) is 0.683. The van der Waals surface area contributed by atoms with Crippen molar-refractivity contribution in [1.82, 2.24) is 0 Å². The molecule has 0 aliphatic carbocycles. The Hall–Kier alpha value is -1.47. The monoisotopic (exact) mass is 217 g/mol. The van der Waals surface area contributed by atoms with E-state index in [1.165, 1.54) is 6.92 Å². The van der Waals surface area contributed by atoms with Crippen molar-refractivity contribution in [1.29, 1.82) is 0 Å². The van der Waals surface area contributed by atoms with Gasteiger partial charge in [0.15, 0.2) is 0 Å². The van der Waals surface area contributed by atoms with Crippen LogP contribution in [-0.2, 0) is 19.1 Å². The van der Waals surface area contributed by atoms with Gasteiger partial charge in [-0.25, -0.2) is 9.59 Å². The molecule has 0 aliphatic heterocycles. The van der Waals surface area contributed by atoms with Crippen molar-refractivity contribution in [2.24, 2.45) is 17.2 Å². The highest BCUT2D eigenvalue weighted by Gasteiger charge is 2.20. The third kappa shape index (κ3) is 5.76. The molecule has 0 spiro atoms. The van der Waals surface area contributed by atoms with E-state index in [4.69, 9.17) is 17.2 Å². The number of carbonyl (C=O) groups excluding carboxylic acids is 3. The highest BCUT2D eigenvalue weighted by Crippen LogP contribution is 1.97. The highest BCUT2D eigenvalue weighted by molar-refractivity contribution is 5.90. The summed E-state index contributed by atoms with van der Waals surface area (Å²) in [5.41, 5.74) is 15.4. The maximum absolute atomic E-state index is 11.1. The molecule has 0 aromatic carbocycles. The van der Waals surface area contributed by atoms with Crippen LogP contribution in [-0.4, -0.2) is 29.9 Å². The highest BCUT2D eigenvalue weighted by atomic mass is 16.6. The van der Waals surface area contributed by atoms with Gasteiger partial charge in [-0.05, 0) is 13.3 Å². The van der Waals surface area contributed by atoms with Crippen LogP contribution < -0.4 is 17.2 Å². The number of ether oxygens (including phenoxy) is 1. The molecule has 15 heavy (non-hydrogen) atoms. The first kappa shape index (κ1) is 13.5. The Kier molecular flexibility index (Phi) is 5.50. The number of hydrogen-bond acceptors (Lipinski definition) is 6. The molecule has 86 valence electrons. The largest absolute Gasteiger partial charge is 0.391 e. The zero-order chi connectivity index (χ0) is 12.0. The van der Waals surface area contributed by atoms with E-state index in [0.717, 1.165) is 0 Å². The molecular formula is C8H15N3O4. The van der Waals surface area contributed by atoms with E-state index in [0.29, 0.717) is 0 Å². The molecule has 0 rings (SSSR count). The number of nitrogens with two attached hydrogens (primary N) is 3. The van der Waals surface area contributed by atoms with Crippen LogP contribution in [0.15, 0.2) is 0 Å². The number of rotatable bonds is 5. The smallest absolute Gasteiger partial charge is 0.330 e. The Bertz CT molecular complexity index is 265. The van der Waals surface area contributed by atoms with Crippen molar-refractivity contribution in [2.45, 2.75) is 31.8 Å². The lowest BCUT2D eigenvalue weighted by Crippen LogP contribution is -2.38. The van der Waals surface area contributed by atoms with E-state index >= 15 is 0 Å². The average Bonchev–Trinajstić information content (AvgIpc) is 2.13. The van der Waals surface area contributed by atoms with Gasteiger partial charge in [-0.2, -0.15) is 0 Å². The summed E-state index contributed by atoms with van der Waals surface area (Å²) in [6.07, 6.45) is 0.00301. The molecule has 0 aromatic rings. The third-order valence-electron chi connectivity index (χ3n) is 1.58. The van der Waals surface area contributed by atoms with Gasteiger partial charge in [-0.3, -0.25) is 4.79 Å². The molecule has 2 atom stereocenters. The second-order valence-corrected chi connectivity index (χ2v) is 3.14. The van der Waals surface area contributed by atoms with E-state index < -0.39 is 29.9 Å². The molecule has 7 nitrogen and oxygen atoms in total. The Morgan fingerprint density at radius 2 is 1.73 bits per heavy atom. The minimum atomic E-state index is -1.04. The summed E-state index contributed by atoms with van der Waals surface area (Å²) < 4.78 is 4.33. The molecular weight excluding hydrogens is 202 g/mol. The number of primary amides is 1. The SMILES string of the molecule is C[C@H](N)C(=O)OC(=O)[C@@H](N)CCC(N)=O. The standard InChI is InChI=1S/C8H15N3O4/c1-4(9)7(13)15-8(14)5(10)2-3-6(11)12/h4-5H,2-3,9-10H2,1H3,(H2,11,12)/t4-,5-/m0/s1. The molecule has 6 N–H and O–H groups in total. The minimum absolute atomic E-state index is 0.0391. The summed E-state index contributed by atoms with van der Waals surface area (Å²) in [5, 5.41) is 0. The Morgan fingerprint density at radius 3 is 2.13 bits per heavy atom. The van der Waals surface area contributed by atoms with Gasteiger partial charge in [0.05, 0.1) is 0 Å². The first-order valence-electron chi connectivity index (χ1n) is 4.39. The van der Waals surface area contributed by atoms with E-state index in [1.54, 1.807) is 0 Å². The van der Waals surface area contributed by atoms with E-state index in [-0.39, 0.29) is 12.8 Å². The van der Waals surface area contributed by atoms with Crippen LogP contribution in [0.1, 0.15) is 19.8 Å². The van der Waals surface area contributed by atoms with Crippen molar-refractivity contribution >= 4 is 17.8 Å². The predicted octanol–water partition coefficient (Wildman–Crippen LogP) is -2.00. The van der Waals surface area contributed by atoms with Crippen LogP contribution in [0.3, 0.4) is 0 Å². The third-order valence-corrected chi connectivity index (χ3v) is 1.58. The average molecular weight is 217 g/mol. The zero-order valence-electron chi connectivity index (χ0n) is 8.43. The molecule has 0 fully saturated rings. The topological polar surface area (TPSA) is 138 Å². The molecule has 0 bridgehead atoms. The molecule has 0 saturated heterocycles. The van der Waals surface area contributed by atoms with Gasteiger partial charge in [0, 0.05) is 6.42 Å². The number of hydrogen-bond donors (Lipinski definition) is 3. The Labute approximate surface area is 86.9 Å². The normalized spacial score (nSPS) is 14.1. The molecule has 0 radical (unpaired) electrons. The fourth-order valence-corrected chi connectivity index (χ4v) is 0.683. The number of esters is 2. The van der Waals surface area contributed by atoms with Crippen LogP contribution in [0.25, 0.3) is 0 Å². The van der Waals surface area contributed by atoms with Gasteiger partial charge in [0.2, 0.25) is 5.91 Å². The summed E-state index contributed by atoms with van der Waals surface area (Å²) >= 11 is 0. The molecule has 0 aliphatic rings. The summed E-state index contributed by atoms with van der Waals surface area (Å²) in [6, 6.07) is -1.93. The molecule has 0 aromatic heterocycles. The summed E-state index contributed by atoms with van der Waals surface area (Å²) in [7, 11) is 0. The second kappa shape index (κ2) is 6.10. The maximum atomic E-state index is 11.1. The van der Waals surface area contributed by atoms with Gasteiger partial charge in [0.1, 0.15) is 12.1 Å². The van der Waals surface area contributed by atoms with Gasteiger partial charge in [-0.1, -0.05) is 0 Å². The van der Waals surface area contributed by atoms with Crippen molar-refractivity contribution in [3.8, 4) is 0 Å². The molecule has 7 heteroatoms. The lowest BCUT2D eigenvalue weighted by molar-refractivity contribution is -0.161. The van der Waals surface area contributed by atoms with Crippen LogP contribution >= 0.6 is 0 Å². The lowest BCUT2D eigenvalue weighted by atomic mass is 10.1. The maximum Gasteiger partial charge on any atom is 0.330 e. The van der Waals surface area contributed by atoms with E-state index in [9.17, 15) is 14.4 Å². The quantitative estimate of drug-likeness (QED) is 0.359. The first-order chi connectivity index (χ1) is 6.84. The van der Waals surface area contributed by atoms with Crippen molar-refractivity contribution in [3.63, 3.8) is 0 Å². The Balaban J connectivity index is 3.99. The molecule has 1 amide bonds. The van der Waals surface area contributed by atoms with Crippen molar-refractivity contribution < 1.29 is 19.1 Å². The molecule has 0 heterocycles. The van der Waals surface area contributed by atoms with Crippen LogP contribution in [0, 0.1) is 0 Å². The fraction of sp³-hybridized carbons (Fsp3) is 0.625. The van der Waals surface area contributed by atoms with Gasteiger partial charge >= 0.3 is 11.9 Å². The van der Waals surface area contributed by atoms with Gasteiger partial charge in [-0.15, -0.1) is 0 Å². The minimum Gasteiger partial charge on any atom is -0.391 e. The first-order valence-corrected chi connectivity index (χ1v) is 4.39. The van der Waals surface area contributed by atoms with Crippen LogP contribution in [0.4, 0.5) is 0 Å². The van der Waals surface area contributed by atoms with Crippen molar-refractivity contribution in [2.75, 3.05) is 0 Å². The van der Waals surface area contributed by atoms with Crippen LogP contribution in [0.5, 0.6) is 0 Å². The summed E-state index contributed by atoms with van der Waals surface area (Å²) in [5.74, 6) is -2.33. The van der Waals surface area contributed by atoms with Gasteiger partial charge in [0.25, 0.3) is 0 Å². The molecule has 0 unspecified atom stereocenters.